The Morgan fingerprint density at radius 3 is 2.87 bits per heavy atom. The minimum atomic E-state index is -0.213. The number of hydrogen-bond donors (Lipinski definition) is 2. The second-order valence-electron chi connectivity index (χ2n) is 6.61. The third-order valence-electron chi connectivity index (χ3n) is 5.03. The summed E-state index contributed by atoms with van der Waals surface area (Å²) < 4.78 is 0. The van der Waals surface area contributed by atoms with Crippen LogP contribution in [0, 0.1) is 5.92 Å². The Morgan fingerprint density at radius 1 is 1.30 bits per heavy atom. The first kappa shape index (κ1) is 16.7. The van der Waals surface area contributed by atoms with Crippen LogP contribution in [0.4, 0.5) is 5.82 Å². The molecule has 0 spiro atoms. The Balaban J connectivity index is 1.57. The van der Waals surface area contributed by atoms with E-state index in [1.807, 2.05) is 0 Å². The molecule has 0 radical (unpaired) electrons. The van der Waals surface area contributed by atoms with Crippen LogP contribution in [0.2, 0.25) is 5.02 Å². The number of aliphatic hydroxyl groups excluding tert-OH is 1. The number of carbonyl (C=O) groups is 1. The molecule has 23 heavy (non-hydrogen) atoms. The summed E-state index contributed by atoms with van der Waals surface area (Å²) in [5, 5.41) is 13.7. The van der Waals surface area contributed by atoms with Gasteiger partial charge in [0.2, 0.25) is 5.91 Å². The van der Waals surface area contributed by atoms with Gasteiger partial charge in [-0.05, 0) is 44.4 Å². The van der Waals surface area contributed by atoms with Crippen LogP contribution in [0.15, 0.2) is 18.3 Å². The average molecular weight is 338 g/mol. The number of hydrogen-bond acceptors (Lipinski definition) is 4. The molecule has 3 rings (SSSR count). The van der Waals surface area contributed by atoms with Crippen molar-refractivity contribution in [3.05, 3.63) is 23.4 Å². The van der Waals surface area contributed by atoms with Gasteiger partial charge in [-0.15, -0.1) is 0 Å². The van der Waals surface area contributed by atoms with Crippen LogP contribution in [0.1, 0.15) is 38.5 Å². The van der Waals surface area contributed by atoms with Gasteiger partial charge in [0.25, 0.3) is 0 Å². The lowest BCUT2D eigenvalue weighted by molar-refractivity contribution is -0.118. The van der Waals surface area contributed by atoms with Gasteiger partial charge < -0.3 is 10.4 Å². The predicted molar refractivity (Wildman–Crippen MR) is 90.4 cm³/mol. The normalized spacial score (nSPS) is 28.7. The Hall–Kier alpha value is -1.17. The number of pyridine rings is 1. The van der Waals surface area contributed by atoms with Crippen LogP contribution >= 0.6 is 11.6 Å². The molecule has 2 aliphatic rings. The van der Waals surface area contributed by atoms with Crippen molar-refractivity contribution in [2.45, 2.75) is 50.7 Å². The SMILES string of the molecule is O=C(CN1CCC[C@@H]1[C@@H]1CCCC[C@@H]1O)Nc1ccc(Cl)cn1. The van der Waals surface area contributed by atoms with Gasteiger partial charge in [-0.3, -0.25) is 9.69 Å². The van der Waals surface area contributed by atoms with Gasteiger partial charge in [-0.1, -0.05) is 24.4 Å². The highest BCUT2D eigenvalue weighted by atomic mass is 35.5. The molecule has 5 nitrogen and oxygen atoms in total. The van der Waals surface area contributed by atoms with Gasteiger partial charge in [0.1, 0.15) is 5.82 Å². The maximum Gasteiger partial charge on any atom is 0.239 e. The minimum absolute atomic E-state index is 0.0583. The highest BCUT2D eigenvalue weighted by Gasteiger charge is 2.37. The summed E-state index contributed by atoms with van der Waals surface area (Å²) in [5.41, 5.74) is 0. The van der Waals surface area contributed by atoms with E-state index in [-0.39, 0.29) is 12.0 Å². The van der Waals surface area contributed by atoms with Crippen LogP contribution in [-0.4, -0.2) is 46.1 Å². The highest BCUT2D eigenvalue weighted by molar-refractivity contribution is 6.30. The van der Waals surface area contributed by atoms with Crippen molar-refractivity contribution in [3.63, 3.8) is 0 Å². The number of aliphatic hydroxyl groups is 1. The first-order chi connectivity index (χ1) is 11.1. The van der Waals surface area contributed by atoms with Crippen molar-refractivity contribution in [1.29, 1.82) is 0 Å². The molecule has 2 fully saturated rings. The molecule has 1 aromatic rings. The summed E-state index contributed by atoms with van der Waals surface area (Å²) in [4.78, 5) is 18.6. The number of likely N-dealkylation sites (tertiary alicyclic amines) is 1. The number of amides is 1. The van der Waals surface area contributed by atoms with Crippen molar-refractivity contribution >= 4 is 23.3 Å². The molecule has 1 saturated carbocycles. The van der Waals surface area contributed by atoms with Gasteiger partial charge in [-0.2, -0.15) is 0 Å². The molecular weight excluding hydrogens is 314 g/mol. The molecule has 1 aliphatic carbocycles. The van der Waals surface area contributed by atoms with Crippen molar-refractivity contribution in [2.24, 2.45) is 5.92 Å². The summed E-state index contributed by atoms with van der Waals surface area (Å²) in [7, 11) is 0. The van der Waals surface area contributed by atoms with Gasteiger partial charge >= 0.3 is 0 Å². The molecule has 1 aromatic heterocycles. The van der Waals surface area contributed by atoms with Gasteiger partial charge in [-0.25, -0.2) is 4.98 Å². The first-order valence-corrected chi connectivity index (χ1v) is 8.85. The van der Waals surface area contributed by atoms with Crippen molar-refractivity contribution in [1.82, 2.24) is 9.88 Å². The molecule has 126 valence electrons. The molecule has 3 atom stereocenters. The first-order valence-electron chi connectivity index (χ1n) is 8.47. The van der Waals surface area contributed by atoms with Crippen LogP contribution in [-0.2, 0) is 4.79 Å². The molecular formula is C17H24ClN3O2. The number of nitrogens with zero attached hydrogens (tertiary/aromatic N) is 2. The number of anilines is 1. The Labute approximate surface area is 142 Å². The highest BCUT2D eigenvalue weighted by Crippen LogP contribution is 2.34. The van der Waals surface area contributed by atoms with Crippen LogP contribution in [0.3, 0.4) is 0 Å². The van der Waals surface area contributed by atoms with Crippen LogP contribution in [0.5, 0.6) is 0 Å². The lowest BCUT2D eigenvalue weighted by atomic mass is 9.80. The Bertz CT molecular complexity index is 537. The van der Waals surface area contributed by atoms with E-state index in [4.69, 9.17) is 11.6 Å². The fourth-order valence-electron chi connectivity index (χ4n) is 3.94. The predicted octanol–water partition coefficient (Wildman–Crippen LogP) is 2.69. The van der Waals surface area contributed by atoms with E-state index in [9.17, 15) is 9.90 Å². The van der Waals surface area contributed by atoms with E-state index < -0.39 is 0 Å². The van der Waals surface area contributed by atoms with Crippen molar-refractivity contribution in [2.75, 3.05) is 18.4 Å². The smallest absolute Gasteiger partial charge is 0.239 e. The van der Waals surface area contributed by atoms with Gasteiger partial charge in [0, 0.05) is 18.2 Å². The second-order valence-corrected chi connectivity index (χ2v) is 7.04. The van der Waals surface area contributed by atoms with E-state index in [0.29, 0.717) is 29.3 Å². The number of carbonyl (C=O) groups excluding carboxylic acids is 1. The van der Waals surface area contributed by atoms with Crippen LogP contribution < -0.4 is 5.32 Å². The molecule has 2 N–H and O–H groups in total. The second kappa shape index (κ2) is 7.60. The lowest BCUT2D eigenvalue weighted by Crippen LogP contribution is -2.45. The zero-order valence-electron chi connectivity index (χ0n) is 13.2. The average Bonchev–Trinajstić information content (AvgIpc) is 2.98. The fraction of sp³-hybridized carbons (Fsp3) is 0.647. The maximum absolute atomic E-state index is 12.3. The summed E-state index contributed by atoms with van der Waals surface area (Å²) in [6, 6.07) is 3.74. The number of rotatable bonds is 4. The van der Waals surface area contributed by atoms with Crippen molar-refractivity contribution in [3.8, 4) is 0 Å². The molecule has 0 aromatic carbocycles. The third kappa shape index (κ3) is 4.22. The lowest BCUT2D eigenvalue weighted by Gasteiger charge is -2.36. The van der Waals surface area contributed by atoms with Gasteiger partial charge in [0.15, 0.2) is 0 Å². The largest absolute Gasteiger partial charge is 0.393 e. The summed E-state index contributed by atoms with van der Waals surface area (Å²) in [5.74, 6) is 0.776. The number of aromatic nitrogens is 1. The molecule has 1 aliphatic heterocycles. The molecule has 2 heterocycles. The third-order valence-corrected chi connectivity index (χ3v) is 5.26. The number of halogens is 1. The topological polar surface area (TPSA) is 65.5 Å². The summed E-state index contributed by atoms with van der Waals surface area (Å²) in [6.07, 6.45) is 7.76. The quantitative estimate of drug-likeness (QED) is 0.886. The minimum Gasteiger partial charge on any atom is -0.393 e. The zero-order chi connectivity index (χ0) is 16.2. The standard InChI is InChI=1S/C17H24ClN3O2/c18-12-7-8-16(19-10-12)20-17(23)11-21-9-3-5-14(21)13-4-1-2-6-15(13)22/h7-8,10,13-15,22H,1-6,9,11H2,(H,19,20,23)/t13-,14+,15-/m0/s1. The summed E-state index contributed by atoms with van der Waals surface area (Å²) in [6.45, 7) is 1.29. The van der Waals surface area contributed by atoms with Gasteiger partial charge in [0.05, 0.1) is 17.7 Å². The summed E-state index contributed by atoms with van der Waals surface area (Å²) >= 11 is 5.80. The molecule has 1 saturated heterocycles. The van der Waals surface area contributed by atoms with E-state index in [0.717, 1.165) is 38.6 Å². The maximum atomic E-state index is 12.3. The molecule has 0 bridgehead atoms. The molecule has 0 unspecified atom stereocenters. The Morgan fingerprint density at radius 2 is 2.13 bits per heavy atom. The molecule has 6 heteroatoms. The van der Waals surface area contributed by atoms with E-state index in [2.05, 4.69) is 15.2 Å². The zero-order valence-corrected chi connectivity index (χ0v) is 14.0. The van der Waals surface area contributed by atoms with Crippen LogP contribution in [0.25, 0.3) is 0 Å². The van der Waals surface area contributed by atoms with E-state index >= 15 is 0 Å². The van der Waals surface area contributed by atoms with E-state index in [1.165, 1.54) is 12.6 Å². The van der Waals surface area contributed by atoms with Crippen molar-refractivity contribution < 1.29 is 9.90 Å². The monoisotopic (exact) mass is 337 g/mol. The van der Waals surface area contributed by atoms with E-state index in [1.54, 1.807) is 12.1 Å². The molecule has 1 amide bonds. The number of nitrogens with one attached hydrogen (secondary N) is 1. The fourth-order valence-corrected chi connectivity index (χ4v) is 4.05. The Kier molecular flexibility index (Phi) is 5.51.